The lowest BCUT2D eigenvalue weighted by atomic mass is 9.98. The summed E-state index contributed by atoms with van der Waals surface area (Å²) in [6, 6.07) is 3.17. The molecule has 1 aliphatic heterocycles. The van der Waals surface area contributed by atoms with E-state index in [2.05, 4.69) is 5.32 Å². The van der Waals surface area contributed by atoms with Crippen LogP contribution in [0.1, 0.15) is 30.6 Å². The van der Waals surface area contributed by atoms with Crippen LogP contribution in [0.15, 0.2) is 12.1 Å². The van der Waals surface area contributed by atoms with E-state index in [0.29, 0.717) is 17.7 Å². The number of nitrogens with one attached hydrogen (secondary N) is 1. The van der Waals surface area contributed by atoms with Crippen LogP contribution in [-0.2, 0) is 11.2 Å². The van der Waals surface area contributed by atoms with Gasteiger partial charge < -0.3 is 15.5 Å². The number of carbonyl (C=O) groups is 1. The van der Waals surface area contributed by atoms with Crippen LogP contribution in [0.5, 0.6) is 5.75 Å². The van der Waals surface area contributed by atoms with E-state index in [-0.39, 0.29) is 18.1 Å². The molecule has 0 saturated carbocycles. The van der Waals surface area contributed by atoms with E-state index in [9.17, 15) is 15.0 Å². The zero-order valence-corrected chi connectivity index (χ0v) is 8.45. The molecule has 0 spiro atoms. The van der Waals surface area contributed by atoms with Gasteiger partial charge in [0.25, 0.3) is 0 Å². The van der Waals surface area contributed by atoms with Gasteiger partial charge in [-0.3, -0.25) is 4.79 Å². The van der Waals surface area contributed by atoms with Crippen molar-refractivity contribution < 1.29 is 15.0 Å². The third-order valence-electron chi connectivity index (χ3n) is 2.67. The number of phenolic OH excluding ortho intramolecular Hbond substituents is 1. The third kappa shape index (κ3) is 1.57. The molecule has 15 heavy (non-hydrogen) atoms. The number of hydrogen-bond acceptors (Lipinski definition) is 3. The molecule has 1 atom stereocenters. The van der Waals surface area contributed by atoms with Gasteiger partial charge in [0.05, 0.1) is 18.2 Å². The van der Waals surface area contributed by atoms with E-state index < -0.39 is 6.10 Å². The molecule has 0 saturated heterocycles. The Hall–Kier alpha value is -1.55. The van der Waals surface area contributed by atoms with E-state index in [1.165, 1.54) is 6.07 Å². The highest BCUT2D eigenvalue weighted by atomic mass is 16.3. The molecular formula is C11H13NO3. The molecule has 0 aromatic heterocycles. The number of anilines is 1. The first-order chi connectivity index (χ1) is 7.13. The number of benzene rings is 1. The van der Waals surface area contributed by atoms with Crippen molar-refractivity contribution in [1.29, 1.82) is 0 Å². The maximum Gasteiger partial charge on any atom is 0.228 e. The van der Waals surface area contributed by atoms with Crippen molar-refractivity contribution in [2.75, 3.05) is 5.32 Å². The lowest BCUT2D eigenvalue weighted by Crippen LogP contribution is -2.04. The maximum atomic E-state index is 11.2. The first-order valence-corrected chi connectivity index (χ1v) is 4.96. The third-order valence-corrected chi connectivity index (χ3v) is 2.67. The fourth-order valence-electron chi connectivity index (χ4n) is 1.86. The highest BCUT2D eigenvalue weighted by molar-refractivity contribution is 6.01. The maximum absolute atomic E-state index is 11.2. The summed E-state index contributed by atoms with van der Waals surface area (Å²) in [6.07, 6.45) is 0.244. The van der Waals surface area contributed by atoms with Crippen molar-refractivity contribution in [2.45, 2.75) is 25.9 Å². The van der Waals surface area contributed by atoms with Gasteiger partial charge in [0.2, 0.25) is 5.91 Å². The van der Waals surface area contributed by atoms with Crippen LogP contribution in [0.25, 0.3) is 0 Å². The SMILES string of the molecule is CC[C@H](O)c1ccc(O)c2c1CC(=O)N2. The van der Waals surface area contributed by atoms with Gasteiger partial charge >= 0.3 is 0 Å². The molecule has 1 heterocycles. The molecule has 0 unspecified atom stereocenters. The van der Waals surface area contributed by atoms with E-state index in [1.54, 1.807) is 6.07 Å². The summed E-state index contributed by atoms with van der Waals surface area (Å²) < 4.78 is 0. The average Bonchev–Trinajstić information content (AvgIpc) is 2.60. The Kier molecular flexibility index (Phi) is 2.36. The van der Waals surface area contributed by atoms with Gasteiger partial charge in [0.1, 0.15) is 5.75 Å². The highest BCUT2D eigenvalue weighted by Crippen LogP contribution is 2.37. The molecular weight excluding hydrogens is 194 g/mol. The first-order valence-electron chi connectivity index (χ1n) is 4.96. The Labute approximate surface area is 87.6 Å². The number of hydrogen-bond donors (Lipinski definition) is 3. The second-order valence-corrected chi connectivity index (χ2v) is 3.68. The van der Waals surface area contributed by atoms with Crippen LogP contribution >= 0.6 is 0 Å². The van der Waals surface area contributed by atoms with Gasteiger partial charge in [-0.25, -0.2) is 0 Å². The zero-order valence-electron chi connectivity index (χ0n) is 8.45. The van der Waals surface area contributed by atoms with Crippen LogP contribution in [0.2, 0.25) is 0 Å². The van der Waals surface area contributed by atoms with Crippen molar-refractivity contribution in [3.63, 3.8) is 0 Å². The summed E-state index contributed by atoms with van der Waals surface area (Å²) in [6.45, 7) is 1.87. The fourth-order valence-corrected chi connectivity index (χ4v) is 1.86. The molecule has 0 radical (unpaired) electrons. The normalized spacial score (nSPS) is 16.0. The summed E-state index contributed by atoms with van der Waals surface area (Å²) in [4.78, 5) is 11.2. The minimum atomic E-state index is -0.577. The smallest absolute Gasteiger partial charge is 0.228 e. The van der Waals surface area contributed by atoms with Crippen molar-refractivity contribution in [1.82, 2.24) is 0 Å². The molecule has 0 bridgehead atoms. The largest absolute Gasteiger partial charge is 0.506 e. The minimum Gasteiger partial charge on any atom is -0.506 e. The van der Waals surface area contributed by atoms with E-state index >= 15 is 0 Å². The summed E-state index contributed by atoms with van der Waals surface area (Å²) in [5.41, 5.74) is 1.89. The molecule has 0 fully saturated rings. The Morgan fingerprint density at radius 3 is 2.93 bits per heavy atom. The second-order valence-electron chi connectivity index (χ2n) is 3.68. The van der Waals surface area contributed by atoms with Crippen LogP contribution in [0.4, 0.5) is 5.69 Å². The molecule has 4 nitrogen and oxygen atoms in total. The zero-order chi connectivity index (χ0) is 11.0. The Morgan fingerprint density at radius 1 is 1.53 bits per heavy atom. The summed E-state index contributed by atoms with van der Waals surface area (Å²) in [5.74, 6) is -0.0843. The monoisotopic (exact) mass is 207 g/mol. The van der Waals surface area contributed by atoms with Gasteiger partial charge in [0.15, 0.2) is 0 Å². The molecule has 2 rings (SSSR count). The first kappa shape index (κ1) is 9.98. The molecule has 1 aliphatic rings. The predicted octanol–water partition coefficient (Wildman–Crippen LogP) is 1.33. The number of carbonyl (C=O) groups excluding carboxylic acids is 1. The number of aliphatic hydroxyl groups excluding tert-OH is 1. The summed E-state index contributed by atoms with van der Waals surface area (Å²) in [5, 5.41) is 21.9. The summed E-state index contributed by atoms with van der Waals surface area (Å²) >= 11 is 0. The predicted molar refractivity (Wildman–Crippen MR) is 55.7 cm³/mol. The molecule has 0 aliphatic carbocycles. The highest BCUT2D eigenvalue weighted by Gasteiger charge is 2.25. The van der Waals surface area contributed by atoms with Crippen LogP contribution in [0, 0.1) is 0 Å². The Morgan fingerprint density at radius 2 is 2.27 bits per heavy atom. The molecule has 1 amide bonds. The molecule has 80 valence electrons. The van der Waals surface area contributed by atoms with Crippen molar-refractivity contribution in [3.8, 4) is 5.75 Å². The average molecular weight is 207 g/mol. The molecule has 4 heteroatoms. The Bertz CT molecular complexity index is 415. The minimum absolute atomic E-state index is 0.0582. The number of aromatic hydroxyl groups is 1. The number of fused-ring (bicyclic) bond motifs is 1. The number of rotatable bonds is 2. The van der Waals surface area contributed by atoms with E-state index in [4.69, 9.17) is 0 Å². The fraction of sp³-hybridized carbons (Fsp3) is 0.364. The van der Waals surface area contributed by atoms with Crippen LogP contribution < -0.4 is 5.32 Å². The van der Waals surface area contributed by atoms with Gasteiger partial charge in [-0.1, -0.05) is 13.0 Å². The topological polar surface area (TPSA) is 69.6 Å². The Balaban J connectivity index is 2.52. The van der Waals surface area contributed by atoms with Gasteiger partial charge in [0, 0.05) is 0 Å². The summed E-state index contributed by atoms with van der Waals surface area (Å²) in [7, 11) is 0. The van der Waals surface area contributed by atoms with Crippen molar-refractivity contribution in [3.05, 3.63) is 23.3 Å². The lowest BCUT2D eigenvalue weighted by Gasteiger charge is -2.13. The van der Waals surface area contributed by atoms with Gasteiger partial charge in [-0.05, 0) is 23.6 Å². The molecule has 1 aromatic carbocycles. The van der Waals surface area contributed by atoms with Crippen molar-refractivity contribution >= 4 is 11.6 Å². The number of phenols is 1. The van der Waals surface area contributed by atoms with Crippen molar-refractivity contribution in [2.24, 2.45) is 0 Å². The second kappa shape index (κ2) is 3.55. The van der Waals surface area contributed by atoms with Crippen LogP contribution in [0.3, 0.4) is 0 Å². The van der Waals surface area contributed by atoms with Gasteiger partial charge in [-0.2, -0.15) is 0 Å². The number of aliphatic hydroxyl groups is 1. The van der Waals surface area contributed by atoms with Gasteiger partial charge in [-0.15, -0.1) is 0 Å². The lowest BCUT2D eigenvalue weighted by molar-refractivity contribution is -0.115. The van der Waals surface area contributed by atoms with E-state index in [0.717, 1.165) is 5.56 Å². The number of amides is 1. The van der Waals surface area contributed by atoms with E-state index in [1.807, 2.05) is 6.92 Å². The molecule has 1 aromatic rings. The van der Waals surface area contributed by atoms with Crippen LogP contribution in [-0.4, -0.2) is 16.1 Å². The molecule has 3 N–H and O–H groups in total. The quantitative estimate of drug-likeness (QED) is 0.641. The standard InChI is InChI=1S/C11H13NO3/c1-2-8(13)6-3-4-9(14)11-7(6)5-10(15)12-11/h3-4,8,13-14H,2,5H2,1H3,(H,12,15)/t8-/m0/s1.